The number of nitrogens with zero attached hydrogens (tertiary/aromatic N) is 2. The third-order valence-corrected chi connectivity index (χ3v) is 5.23. The Balaban J connectivity index is 1.64. The SMILES string of the molecule is CC(C)c1ccc(NC(=S)Nc2nn(Cc3ccccc3Cl)cc2Br)cc1. The highest BCUT2D eigenvalue weighted by Crippen LogP contribution is 2.23. The monoisotopic (exact) mass is 462 g/mol. The molecular formula is C20H20BrClN4S. The summed E-state index contributed by atoms with van der Waals surface area (Å²) in [6.45, 7) is 4.92. The Labute approximate surface area is 178 Å². The maximum atomic E-state index is 6.23. The van der Waals surface area contributed by atoms with Crippen LogP contribution in [0.3, 0.4) is 0 Å². The Kier molecular flexibility index (Phi) is 6.52. The molecule has 7 heteroatoms. The van der Waals surface area contributed by atoms with Gasteiger partial charge in [0.25, 0.3) is 0 Å². The number of halogens is 2. The lowest BCUT2D eigenvalue weighted by Crippen LogP contribution is -2.19. The van der Waals surface area contributed by atoms with Crippen LogP contribution in [-0.4, -0.2) is 14.9 Å². The average molecular weight is 464 g/mol. The fraction of sp³-hybridized carbons (Fsp3) is 0.200. The predicted octanol–water partition coefficient (Wildman–Crippen LogP) is 6.28. The van der Waals surface area contributed by atoms with Crippen LogP contribution in [0.15, 0.2) is 59.2 Å². The van der Waals surface area contributed by atoms with Gasteiger partial charge in [-0.25, -0.2) is 0 Å². The second-order valence-corrected chi connectivity index (χ2v) is 8.14. The molecule has 0 unspecified atom stereocenters. The van der Waals surface area contributed by atoms with Crippen molar-refractivity contribution >= 4 is 56.4 Å². The molecule has 0 saturated carbocycles. The first-order valence-electron chi connectivity index (χ1n) is 8.56. The summed E-state index contributed by atoms with van der Waals surface area (Å²) >= 11 is 15.2. The highest BCUT2D eigenvalue weighted by Gasteiger charge is 2.10. The van der Waals surface area contributed by atoms with Gasteiger partial charge in [-0.15, -0.1) is 0 Å². The van der Waals surface area contributed by atoms with E-state index in [1.165, 1.54) is 5.56 Å². The van der Waals surface area contributed by atoms with Crippen LogP contribution in [0.1, 0.15) is 30.9 Å². The molecule has 2 aromatic carbocycles. The summed E-state index contributed by atoms with van der Waals surface area (Å²) in [6.07, 6.45) is 1.89. The fourth-order valence-corrected chi connectivity index (χ4v) is 3.41. The van der Waals surface area contributed by atoms with Gasteiger partial charge < -0.3 is 10.6 Å². The minimum atomic E-state index is 0.482. The number of rotatable bonds is 5. The molecule has 0 amide bonds. The van der Waals surface area contributed by atoms with Crippen molar-refractivity contribution in [3.63, 3.8) is 0 Å². The van der Waals surface area contributed by atoms with E-state index in [9.17, 15) is 0 Å². The van der Waals surface area contributed by atoms with Crippen molar-refractivity contribution in [2.75, 3.05) is 10.6 Å². The maximum Gasteiger partial charge on any atom is 0.176 e. The third-order valence-electron chi connectivity index (χ3n) is 4.07. The summed E-state index contributed by atoms with van der Waals surface area (Å²) in [5.74, 6) is 1.15. The Morgan fingerprint density at radius 1 is 1.15 bits per heavy atom. The van der Waals surface area contributed by atoms with Crippen molar-refractivity contribution in [3.05, 3.63) is 75.4 Å². The van der Waals surface area contributed by atoms with Crippen molar-refractivity contribution < 1.29 is 0 Å². The summed E-state index contributed by atoms with van der Waals surface area (Å²) in [5.41, 5.74) is 3.23. The zero-order valence-corrected chi connectivity index (χ0v) is 18.2. The van der Waals surface area contributed by atoms with Gasteiger partial charge in [0.15, 0.2) is 10.9 Å². The lowest BCUT2D eigenvalue weighted by atomic mass is 10.0. The first-order chi connectivity index (χ1) is 12.9. The van der Waals surface area contributed by atoms with Crippen molar-refractivity contribution in [1.82, 2.24) is 9.78 Å². The van der Waals surface area contributed by atoms with Crippen molar-refractivity contribution in [2.45, 2.75) is 26.3 Å². The number of benzene rings is 2. The van der Waals surface area contributed by atoms with Crippen LogP contribution in [0.5, 0.6) is 0 Å². The molecular weight excluding hydrogens is 444 g/mol. The molecule has 3 rings (SSSR count). The summed E-state index contributed by atoms with van der Waals surface area (Å²) < 4.78 is 2.64. The van der Waals surface area contributed by atoms with Crippen LogP contribution >= 0.6 is 39.7 Å². The quantitative estimate of drug-likeness (QED) is 0.437. The molecule has 1 aromatic heterocycles. The predicted molar refractivity (Wildman–Crippen MR) is 121 cm³/mol. The number of aromatic nitrogens is 2. The second kappa shape index (κ2) is 8.87. The van der Waals surface area contributed by atoms with E-state index in [4.69, 9.17) is 23.8 Å². The van der Waals surface area contributed by atoms with E-state index in [1.54, 1.807) is 0 Å². The molecule has 1 heterocycles. The molecule has 27 heavy (non-hydrogen) atoms. The molecule has 140 valence electrons. The van der Waals surface area contributed by atoms with Crippen LogP contribution in [0, 0.1) is 0 Å². The minimum Gasteiger partial charge on any atom is -0.332 e. The normalized spacial score (nSPS) is 10.9. The zero-order valence-electron chi connectivity index (χ0n) is 15.0. The van der Waals surface area contributed by atoms with Gasteiger partial charge >= 0.3 is 0 Å². The highest BCUT2D eigenvalue weighted by molar-refractivity contribution is 9.10. The molecule has 0 spiro atoms. The number of anilines is 2. The summed E-state index contributed by atoms with van der Waals surface area (Å²) in [6, 6.07) is 16.0. The van der Waals surface area contributed by atoms with E-state index in [0.29, 0.717) is 23.4 Å². The molecule has 0 radical (unpaired) electrons. The Bertz CT molecular complexity index is 937. The molecule has 0 aliphatic heterocycles. The standard InChI is InChI=1S/C20H20BrClN4S/c1-13(2)14-7-9-16(10-8-14)23-20(27)24-19-17(21)12-26(25-19)11-15-5-3-4-6-18(15)22/h3-10,12-13H,11H2,1-2H3,(H2,23,24,25,27). The zero-order chi connectivity index (χ0) is 19.4. The molecule has 0 fully saturated rings. The summed E-state index contributed by atoms with van der Waals surface area (Å²) in [4.78, 5) is 0. The third kappa shape index (κ3) is 5.31. The van der Waals surface area contributed by atoms with E-state index < -0.39 is 0 Å². The Hall–Kier alpha value is -1.89. The summed E-state index contributed by atoms with van der Waals surface area (Å²) in [7, 11) is 0. The molecule has 0 aliphatic carbocycles. The number of thiocarbonyl (C=S) groups is 1. The van der Waals surface area contributed by atoms with Gasteiger partial charge in [0.2, 0.25) is 0 Å². The van der Waals surface area contributed by atoms with E-state index in [0.717, 1.165) is 20.7 Å². The average Bonchev–Trinajstić information content (AvgIpc) is 2.96. The van der Waals surface area contributed by atoms with E-state index in [-0.39, 0.29) is 0 Å². The lowest BCUT2D eigenvalue weighted by molar-refractivity contribution is 0.690. The van der Waals surface area contributed by atoms with Gasteiger partial charge in [-0.1, -0.05) is 55.8 Å². The first-order valence-corrected chi connectivity index (χ1v) is 10.1. The van der Waals surface area contributed by atoms with Crippen molar-refractivity contribution in [3.8, 4) is 0 Å². The molecule has 4 nitrogen and oxygen atoms in total. The minimum absolute atomic E-state index is 0.482. The number of nitrogens with one attached hydrogen (secondary N) is 2. The number of hydrogen-bond donors (Lipinski definition) is 2. The van der Waals surface area contributed by atoms with Crippen LogP contribution in [0.25, 0.3) is 0 Å². The summed E-state index contributed by atoms with van der Waals surface area (Å²) in [5, 5.41) is 12.0. The van der Waals surface area contributed by atoms with E-state index in [2.05, 4.69) is 57.6 Å². The van der Waals surface area contributed by atoms with Crippen LogP contribution < -0.4 is 10.6 Å². The molecule has 2 N–H and O–H groups in total. The van der Waals surface area contributed by atoms with Gasteiger partial charge in [-0.2, -0.15) is 5.10 Å². The Morgan fingerprint density at radius 2 is 1.85 bits per heavy atom. The second-order valence-electron chi connectivity index (χ2n) is 6.47. The Morgan fingerprint density at radius 3 is 2.52 bits per heavy atom. The lowest BCUT2D eigenvalue weighted by Gasteiger charge is -2.11. The van der Waals surface area contributed by atoms with Crippen LogP contribution in [-0.2, 0) is 6.54 Å². The van der Waals surface area contributed by atoms with Gasteiger partial charge in [0, 0.05) is 16.9 Å². The van der Waals surface area contributed by atoms with Gasteiger partial charge in [-0.05, 0) is 63.4 Å². The smallest absolute Gasteiger partial charge is 0.176 e. The topological polar surface area (TPSA) is 41.9 Å². The van der Waals surface area contributed by atoms with Gasteiger partial charge in [0.05, 0.1) is 11.0 Å². The van der Waals surface area contributed by atoms with Crippen molar-refractivity contribution in [1.29, 1.82) is 0 Å². The van der Waals surface area contributed by atoms with E-state index in [1.807, 2.05) is 47.3 Å². The van der Waals surface area contributed by atoms with Crippen LogP contribution in [0.2, 0.25) is 5.02 Å². The van der Waals surface area contributed by atoms with Gasteiger partial charge in [0.1, 0.15) is 0 Å². The maximum absolute atomic E-state index is 6.23. The van der Waals surface area contributed by atoms with Gasteiger partial charge in [-0.3, -0.25) is 4.68 Å². The molecule has 0 bridgehead atoms. The number of hydrogen-bond acceptors (Lipinski definition) is 2. The molecule has 3 aromatic rings. The molecule has 0 aliphatic rings. The van der Waals surface area contributed by atoms with Crippen molar-refractivity contribution in [2.24, 2.45) is 0 Å². The van der Waals surface area contributed by atoms with E-state index >= 15 is 0 Å². The largest absolute Gasteiger partial charge is 0.332 e. The molecule has 0 atom stereocenters. The first kappa shape index (κ1) is 19.9. The fourth-order valence-electron chi connectivity index (χ4n) is 2.59. The van der Waals surface area contributed by atoms with Crippen LogP contribution in [0.4, 0.5) is 11.5 Å². The molecule has 0 saturated heterocycles. The highest BCUT2D eigenvalue weighted by atomic mass is 79.9.